The SMILES string of the molecule is CC1=CC(C)(S(=O)(=O)n2ccc3c(Cc4nc5ccc(C#N)cc5[nH]4)ccc(CO)c32)CC=C1. The van der Waals surface area contributed by atoms with E-state index < -0.39 is 14.8 Å². The van der Waals surface area contributed by atoms with Crippen molar-refractivity contribution in [1.29, 1.82) is 5.26 Å². The van der Waals surface area contributed by atoms with E-state index in [9.17, 15) is 13.5 Å². The van der Waals surface area contributed by atoms with Crippen molar-refractivity contribution in [2.45, 2.75) is 38.0 Å². The molecular weight excluding hydrogens is 448 g/mol. The van der Waals surface area contributed by atoms with E-state index in [1.807, 2.05) is 25.1 Å². The first-order valence-electron chi connectivity index (χ1n) is 11.0. The molecule has 2 heterocycles. The van der Waals surface area contributed by atoms with Crippen LogP contribution in [0.3, 0.4) is 0 Å². The van der Waals surface area contributed by atoms with Crippen LogP contribution >= 0.6 is 0 Å². The molecule has 1 aliphatic carbocycles. The van der Waals surface area contributed by atoms with Crippen molar-refractivity contribution in [3.63, 3.8) is 0 Å². The summed E-state index contributed by atoms with van der Waals surface area (Å²) in [6.45, 7) is 3.35. The first-order valence-corrected chi connectivity index (χ1v) is 12.4. The van der Waals surface area contributed by atoms with Gasteiger partial charge in [0, 0.05) is 23.6 Å². The number of fused-ring (bicyclic) bond motifs is 2. The zero-order valence-corrected chi connectivity index (χ0v) is 19.7. The molecule has 1 aliphatic rings. The largest absolute Gasteiger partial charge is 0.392 e. The lowest BCUT2D eigenvalue weighted by molar-refractivity contribution is 0.283. The second-order valence-electron chi connectivity index (χ2n) is 8.93. The van der Waals surface area contributed by atoms with Crippen LogP contribution in [0.4, 0.5) is 0 Å². The molecule has 0 radical (unpaired) electrons. The Morgan fingerprint density at radius 2 is 2.03 bits per heavy atom. The highest BCUT2D eigenvalue weighted by molar-refractivity contribution is 7.91. The van der Waals surface area contributed by atoms with Crippen molar-refractivity contribution in [3.8, 4) is 6.07 Å². The molecule has 0 spiro atoms. The number of nitrogens with zero attached hydrogens (tertiary/aromatic N) is 3. The Morgan fingerprint density at radius 3 is 2.76 bits per heavy atom. The van der Waals surface area contributed by atoms with Gasteiger partial charge in [0.1, 0.15) is 10.6 Å². The summed E-state index contributed by atoms with van der Waals surface area (Å²) in [5.41, 5.74) is 4.92. The van der Waals surface area contributed by atoms with E-state index in [0.29, 0.717) is 35.3 Å². The molecule has 172 valence electrons. The number of aliphatic hydroxyl groups excluding tert-OH is 1. The number of benzene rings is 2. The standard InChI is InChI=1S/C26H24N4O3S/c1-17-4-3-10-26(2,14-17)34(32,33)30-11-9-21-19(6-7-20(16-31)25(21)30)13-24-28-22-8-5-18(15-27)12-23(22)29-24/h3-9,11-12,14,31H,10,13,16H2,1-2H3,(H,28,29). The molecule has 0 aliphatic heterocycles. The lowest BCUT2D eigenvalue weighted by atomic mass is 9.98. The van der Waals surface area contributed by atoms with Crippen molar-refractivity contribution in [3.05, 3.63) is 88.9 Å². The van der Waals surface area contributed by atoms with Crippen LogP contribution in [-0.2, 0) is 23.1 Å². The predicted molar refractivity (Wildman–Crippen MR) is 132 cm³/mol. The van der Waals surface area contributed by atoms with Crippen molar-refractivity contribution in [1.82, 2.24) is 13.9 Å². The van der Waals surface area contributed by atoms with E-state index in [1.54, 1.807) is 49.5 Å². The maximum absolute atomic E-state index is 13.8. The van der Waals surface area contributed by atoms with Crippen LogP contribution in [0, 0.1) is 11.3 Å². The summed E-state index contributed by atoms with van der Waals surface area (Å²) in [4.78, 5) is 7.89. The van der Waals surface area contributed by atoms with E-state index in [2.05, 4.69) is 16.0 Å². The number of nitriles is 1. The van der Waals surface area contributed by atoms with Crippen LogP contribution < -0.4 is 0 Å². The van der Waals surface area contributed by atoms with Crippen molar-refractivity contribution in [2.75, 3.05) is 0 Å². The van der Waals surface area contributed by atoms with Gasteiger partial charge in [0.25, 0.3) is 0 Å². The number of nitrogens with one attached hydrogen (secondary N) is 1. The third-order valence-corrected chi connectivity index (χ3v) is 8.75. The second kappa shape index (κ2) is 7.97. The highest BCUT2D eigenvalue weighted by Crippen LogP contribution is 2.35. The predicted octanol–water partition coefficient (Wildman–Crippen LogP) is 4.32. The fraction of sp³-hybridized carbons (Fsp3) is 0.231. The number of aromatic nitrogens is 3. The molecule has 0 bridgehead atoms. The maximum Gasteiger partial charge on any atom is 0.248 e. The number of rotatable bonds is 5. The molecule has 0 amide bonds. The Morgan fingerprint density at radius 1 is 1.24 bits per heavy atom. The van der Waals surface area contributed by atoms with Crippen molar-refractivity contribution >= 4 is 32.0 Å². The number of aliphatic hydroxyl groups is 1. The van der Waals surface area contributed by atoms with E-state index in [-0.39, 0.29) is 6.61 Å². The van der Waals surface area contributed by atoms with Crippen LogP contribution in [0.5, 0.6) is 0 Å². The number of imidazole rings is 1. The highest BCUT2D eigenvalue weighted by atomic mass is 32.2. The summed E-state index contributed by atoms with van der Waals surface area (Å²) in [6.07, 6.45) is 8.01. The fourth-order valence-electron chi connectivity index (χ4n) is 4.71. The maximum atomic E-state index is 13.8. The lowest BCUT2D eigenvalue weighted by Crippen LogP contribution is -2.38. The zero-order valence-electron chi connectivity index (χ0n) is 18.9. The van der Waals surface area contributed by atoms with Crippen molar-refractivity contribution < 1.29 is 13.5 Å². The fourth-order valence-corrected chi connectivity index (χ4v) is 6.48. The van der Waals surface area contributed by atoms with Gasteiger partial charge in [-0.25, -0.2) is 17.4 Å². The normalized spacial score (nSPS) is 18.4. The molecule has 1 atom stereocenters. The summed E-state index contributed by atoms with van der Waals surface area (Å²) in [6, 6.07) is 12.9. The molecule has 5 rings (SSSR count). The van der Waals surface area contributed by atoms with E-state index >= 15 is 0 Å². The Hall–Kier alpha value is -3.67. The van der Waals surface area contributed by atoms with Crippen molar-refractivity contribution in [2.24, 2.45) is 0 Å². The van der Waals surface area contributed by atoms with Crippen LogP contribution in [0.1, 0.15) is 42.8 Å². The van der Waals surface area contributed by atoms with Crippen LogP contribution in [0.15, 0.2) is 66.4 Å². The minimum absolute atomic E-state index is 0.274. The molecule has 0 saturated carbocycles. The molecule has 1 unspecified atom stereocenters. The first-order chi connectivity index (χ1) is 16.3. The van der Waals surface area contributed by atoms with Gasteiger partial charge < -0.3 is 10.1 Å². The van der Waals surface area contributed by atoms with Gasteiger partial charge in [-0.1, -0.05) is 35.9 Å². The van der Waals surface area contributed by atoms with Gasteiger partial charge >= 0.3 is 0 Å². The van der Waals surface area contributed by atoms with Gasteiger partial charge in [0.15, 0.2) is 0 Å². The summed E-state index contributed by atoms with van der Waals surface area (Å²) in [5.74, 6) is 0.710. The Labute approximate surface area is 197 Å². The number of H-pyrrole nitrogens is 1. The zero-order chi connectivity index (χ0) is 24.1. The quantitative estimate of drug-likeness (QED) is 0.449. The number of hydrogen-bond acceptors (Lipinski definition) is 5. The van der Waals surface area contributed by atoms with Crippen LogP contribution in [0.2, 0.25) is 0 Å². The average Bonchev–Trinajstić information content (AvgIpc) is 3.43. The van der Waals surface area contributed by atoms with Gasteiger partial charge in [-0.05, 0) is 50.1 Å². The number of hydrogen-bond donors (Lipinski definition) is 2. The topological polar surface area (TPSA) is 112 Å². The molecule has 4 aromatic rings. The average molecular weight is 473 g/mol. The van der Waals surface area contributed by atoms with Crippen LogP contribution in [-0.4, -0.2) is 32.2 Å². The number of aromatic amines is 1. The molecule has 2 N–H and O–H groups in total. The number of allylic oxidation sites excluding steroid dienone is 3. The first kappa shape index (κ1) is 22.1. The summed E-state index contributed by atoms with van der Waals surface area (Å²) in [7, 11) is -3.80. The summed E-state index contributed by atoms with van der Waals surface area (Å²) in [5, 5.41) is 19.9. The Bertz CT molecular complexity index is 1650. The van der Waals surface area contributed by atoms with E-state index in [4.69, 9.17) is 5.26 Å². The minimum Gasteiger partial charge on any atom is -0.392 e. The third kappa shape index (κ3) is 3.45. The van der Waals surface area contributed by atoms with Gasteiger partial charge in [-0.15, -0.1) is 0 Å². The molecule has 34 heavy (non-hydrogen) atoms. The Balaban J connectivity index is 1.62. The van der Waals surface area contributed by atoms with E-state index in [0.717, 1.165) is 27.6 Å². The van der Waals surface area contributed by atoms with E-state index in [1.165, 1.54) is 3.97 Å². The molecular formula is C26H24N4O3S. The molecule has 7 nitrogen and oxygen atoms in total. The molecule has 2 aromatic carbocycles. The van der Waals surface area contributed by atoms with Gasteiger partial charge in [-0.3, -0.25) is 0 Å². The monoisotopic (exact) mass is 472 g/mol. The molecule has 0 saturated heterocycles. The van der Waals surface area contributed by atoms with Gasteiger partial charge in [0.2, 0.25) is 10.0 Å². The summed E-state index contributed by atoms with van der Waals surface area (Å²) < 4.78 is 27.8. The highest BCUT2D eigenvalue weighted by Gasteiger charge is 2.39. The third-order valence-electron chi connectivity index (χ3n) is 6.46. The van der Waals surface area contributed by atoms with Gasteiger partial charge in [0.05, 0.1) is 34.8 Å². The van der Waals surface area contributed by atoms with Gasteiger partial charge in [-0.2, -0.15) is 5.26 Å². The molecule has 8 heteroatoms. The minimum atomic E-state index is -3.80. The smallest absolute Gasteiger partial charge is 0.248 e. The molecule has 0 fully saturated rings. The second-order valence-corrected chi connectivity index (χ2v) is 11.2. The Kier molecular flexibility index (Phi) is 5.19. The summed E-state index contributed by atoms with van der Waals surface area (Å²) >= 11 is 0. The van der Waals surface area contributed by atoms with Crippen LogP contribution in [0.25, 0.3) is 21.9 Å². The molecule has 2 aromatic heterocycles. The lowest BCUT2D eigenvalue weighted by Gasteiger charge is -2.29.